The summed E-state index contributed by atoms with van der Waals surface area (Å²) in [6.45, 7) is 6.52. The van der Waals surface area contributed by atoms with Crippen LogP contribution in [0.3, 0.4) is 0 Å². The lowest BCUT2D eigenvalue weighted by Crippen LogP contribution is -2.43. The van der Waals surface area contributed by atoms with E-state index in [1.54, 1.807) is 42.6 Å². The van der Waals surface area contributed by atoms with Gasteiger partial charge in [0.15, 0.2) is 0 Å². The Hall–Kier alpha value is -3.62. The number of pyridine rings is 1. The number of carbonyl (C=O) groups is 2. The predicted molar refractivity (Wildman–Crippen MR) is 144 cm³/mol. The van der Waals surface area contributed by atoms with E-state index in [0.29, 0.717) is 23.3 Å². The third kappa shape index (κ3) is 8.48. The van der Waals surface area contributed by atoms with Gasteiger partial charge in [-0.2, -0.15) is 0 Å². The number of hydrogen-bond donors (Lipinski definition) is 1. The van der Waals surface area contributed by atoms with Crippen molar-refractivity contribution < 1.29 is 23.8 Å². The molecule has 1 heterocycles. The minimum absolute atomic E-state index is 0.00683. The topological polar surface area (TPSA) is 104 Å². The van der Waals surface area contributed by atoms with Crippen molar-refractivity contribution in [2.24, 2.45) is 11.7 Å². The Morgan fingerprint density at radius 2 is 1.78 bits per heavy atom. The van der Waals surface area contributed by atoms with Gasteiger partial charge in [-0.15, -0.1) is 0 Å². The molecule has 1 atom stereocenters. The molecule has 0 aliphatic carbocycles. The molecule has 0 aliphatic heterocycles. The van der Waals surface area contributed by atoms with Gasteiger partial charge >= 0.3 is 12.2 Å². The van der Waals surface area contributed by atoms with Gasteiger partial charge in [0.25, 0.3) is 0 Å². The summed E-state index contributed by atoms with van der Waals surface area (Å²) in [4.78, 5) is 29.7. The Bertz CT molecular complexity index is 1220. The maximum absolute atomic E-state index is 12.4. The molecule has 0 bridgehead atoms. The number of hydrogen-bond acceptors (Lipinski definition) is 7. The average molecular weight is 526 g/mol. The molecule has 0 radical (unpaired) electrons. The van der Waals surface area contributed by atoms with Crippen LogP contribution in [0.25, 0.3) is 11.1 Å². The summed E-state index contributed by atoms with van der Waals surface area (Å²) >= 11 is 6.48. The fraction of sp³-hybridized carbons (Fsp3) is 0.321. The van der Waals surface area contributed by atoms with Crippen molar-refractivity contribution in [2.45, 2.75) is 39.3 Å². The molecule has 1 amide bonds. The van der Waals surface area contributed by atoms with Gasteiger partial charge in [0, 0.05) is 18.8 Å². The second-order valence-corrected chi connectivity index (χ2v) is 9.95. The number of nitrogens with two attached hydrogens (primary N) is 1. The van der Waals surface area contributed by atoms with E-state index in [1.807, 2.05) is 31.2 Å². The highest BCUT2D eigenvalue weighted by Crippen LogP contribution is 2.32. The van der Waals surface area contributed by atoms with Gasteiger partial charge in [-0.3, -0.25) is 4.90 Å². The van der Waals surface area contributed by atoms with Gasteiger partial charge in [-0.1, -0.05) is 61.8 Å². The van der Waals surface area contributed by atoms with Gasteiger partial charge in [0.2, 0.25) is 0 Å². The predicted octanol–water partition coefficient (Wildman–Crippen LogP) is 6.45. The Morgan fingerprint density at radius 1 is 1.08 bits per heavy atom. The first-order chi connectivity index (χ1) is 17.5. The fourth-order valence-electron chi connectivity index (χ4n) is 3.79. The highest BCUT2D eigenvalue weighted by Gasteiger charge is 2.22. The molecule has 8 nitrogen and oxygen atoms in total. The van der Waals surface area contributed by atoms with Crippen molar-refractivity contribution in [1.29, 1.82) is 0 Å². The number of rotatable bonds is 9. The number of carbonyl (C=O) groups excluding carboxylic acids is 2. The molecule has 1 unspecified atom stereocenters. The molecule has 0 fully saturated rings. The second-order valence-electron chi connectivity index (χ2n) is 9.54. The Labute approximate surface area is 222 Å². The fourth-order valence-corrected chi connectivity index (χ4v) is 4.03. The van der Waals surface area contributed by atoms with Crippen LogP contribution >= 0.6 is 11.6 Å². The van der Waals surface area contributed by atoms with Crippen LogP contribution in [0.4, 0.5) is 15.4 Å². The first-order valence-corrected chi connectivity index (χ1v) is 12.3. The van der Waals surface area contributed by atoms with E-state index in [-0.39, 0.29) is 12.4 Å². The quantitative estimate of drug-likeness (QED) is 0.252. The van der Waals surface area contributed by atoms with Crippen LogP contribution in [0, 0.1) is 5.92 Å². The molecule has 2 aromatic carbocycles. The molecule has 3 aromatic rings. The Morgan fingerprint density at radius 3 is 2.46 bits per heavy atom. The molecule has 3 rings (SSSR count). The molecule has 37 heavy (non-hydrogen) atoms. The van der Waals surface area contributed by atoms with Crippen LogP contribution in [0.1, 0.15) is 32.8 Å². The van der Waals surface area contributed by atoms with E-state index in [4.69, 9.17) is 31.5 Å². The normalized spacial score (nSPS) is 12.5. The minimum atomic E-state index is -1.10. The van der Waals surface area contributed by atoms with Crippen molar-refractivity contribution in [3.8, 4) is 16.9 Å². The average Bonchev–Trinajstić information content (AvgIpc) is 2.86. The number of benzene rings is 2. The van der Waals surface area contributed by atoms with E-state index in [2.05, 4.69) is 18.8 Å². The zero-order valence-electron chi connectivity index (χ0n) is 21.4. The smallest absolute Gasteiger partial charge is 0.490 e. The molecule has 2 N–H and O–H groups in total. The lowest BCUT2D eigenvalue weighted by Gasteiger charge is -2.26. The van der Waals surface area contributed by atoms with Gasteiger partial charge in [0.1, 0.15) is 24.8 Å². The van der Waals surface area contributed by atoms with Crippen molar-refractivity contribution in [3.63, 3.8) is 0 Å². The van der Waals surface area contributed by atoms with Crippen LogP contribution in [0.2, 0.25) is 5.02 Å². The third-order valence-electron chi connectivity index (χ3n) is 5.43. The second kappa shape index (κ2) is 12.6. The molecule has 9 heteroatoms. The maximum atomic E-state index is 12.4. The number of ether oxygens (including phenoxy) is 3. The molecular formula is C28H32ClN3O5. The van der Waals surface area contributed by atoms with Crippen molar-refractivity contribution in [3.05, 3.63) is 77.4 Å². The van der Waals surface area contributed by atoms with E-state index in [9.17, 15) is 9.59 Å². The SMILES string of the molecule is CC(C)CC(C)(N)COc1ccc(-c2ccnc(N(C)C(=O)OC(=O)OCc3ccccc3)c2)cc1Cl. The number of halogens is 1. The Balaban J connectivity index is 1.62. The molecule has 0 spiro atoms. The van der Waals surface area contributed by atoms with Gasteiger partial charge in [-0.05, 0) is 60.2 Å². The first-order valence-electron chi connectivity index (χ1n) is 11.9. The maximum Gasteiger partial charge on any atom is 0.517 e. The summed E-state index contributed by atoms with van der Waals surface area (Å²) < 4.78 is 15.7. The van der Waals surface area contributed by atoms with Crippen LogP contribution in [-0.2, 0) is 16.1 Å². The van der Waals surface area contributed by atoms with E-state index in [1.165, 1.54) is 7.05 Å². The summed E-state index contributed by atoms with van der Waals surface area (Å²) in [5.74, 6) is 1.27. The van der Waals surface area contributed by atoms with E-state index >= 15 is 0 Å². The lowest BCUT2D eigenvalue weighted by molar-refractivity contribution is 0.0722. The molecular weight excluding hydrogens is 494 g/mol. The van der Waals surface area contributed by atoms with Crippen LogP contribution in [-0.4, -0.2) is 36.4 Å². The molecule has 0 aliphatic rings. The van der Waals surface area contributed by atoms with Crippen LogP contribution in [0.5, 0.6) is 5.75 Å². The highest BCUT2D eigenvalue weighted by atomic mass is 35.5. The first kappa shape index (κ1) is 28.0. The van der Waals surface area contributed by atoms with Gasteiger partial charge < -0.3 is 19.9 Å². The lowest BCUT2D eigenvalue weighted by atomic mass is 9.93. The van der Waals surface area contributed by atoms with Crippen LogP contribution < -0.4 is 15.4 Å². The molecule has 1 aromatic heterocycles. The third-order valence-corrected chi connectivity index (χ3v) is 5.73. The summed E-state index contributed by atoms with van der Waals surface area (Å²) in [5.41, 5.74) is 8.19. The minimum Gasteiger partial charge on any atom is -0.490 e. The number of anilines is 1. The standard InChI is InChI=1S/C28H32ClN3O5/c1-19(2)16-28(3,30)18-36-24-11-10-21(14-23(24)29)22-12-13-31-25(15-22)32(4)26(33)37-27(34)35-17-20-8-6-5-7-9-20/h5-15,19H,16-18,30H2,1-4H3. The van der Waals surface area contributed by atoms with Crippen LogP contribution in [0.15, 0.2) is 66.9 Å². The van der Waals surface area contributed by atoms with Crippen molar-refractivity contribution in [1.82, 2.24) is 4.98 Å². The van der Waals surface area contributed by atoms with E-state index in [0.717, 1.165) is 28.0 Å². The number of aromatic nitrogens is 1. The number of amides is 1. The molecule has 196 valence electrons. The van der Waals surface area contributed by atoms with Gasteiger partial charge in [0.05, 0.1) is 5.02 Å². The highest BCUT2D eigenvalue weighted by molar-refractivity contribution is 6.32. The zero-order valence-corrected chi connectivity index (χ0v) is 22.2. The Kier molecular flexibility index (Phi) is 9.49. The van der Waals surface area contributed by atoms with Crippen molar-refractivity contribution in [2.75, 3.05) is 18.6 Å². The largest absolute Gasteiger partial charge is 0.517 e. The zero-order chi connectivity index (χ0) is 27.0. The number of nitrogens with zero attached hydrogens (tertiary/aromatic N) is 2. The van der Waals surface area contributed by atoms with Gasteiger partial charge in [-0.25, -0.2) is 14.6 Å². The summed E-state index contributed by atoms with van der Waals surface area (Å²) in [5, 5.41) is 0.435. The van der Waals surface area contributed by atoms with E-state index < -0.39 is 17.8 Å². The van der Waals surface area contributed by atoms with Crippen molar-refractivity contribution >= 4 is 29.7 Å². The summed E-state index contributed by atoms with van der Waals surface area (Å²) in [7, 11) is 1.45. The summed E-state index contributed by atoms with van der Waals surface area (Å²) in [6.07, 6.45) is 0.354. The summed E-state index contributed by atoms with van der Waals surface area (Å²) in [6, 6.07) is 17.9. The molecule has 0 saturated carbocycles. The molecule has 0 saturated heterocycles. The monoisotopic (exact) mass is 525 g/mol.